The molecule has 8 heteroatoms. The van der Waals surface area contributed by atoms with Crippen LogP contribution >= 0.6 is 0 Å². The minimum atomic E-state index is -4.45. The number of piperidine rings is 1. The lowest BCUT2D eigenvalue weighted by molar-refractivity contribution is -0.144. The van der Waals surface area contributed by atoms with Gasteiger partial charge in [0.25, 0.3) is 5.91 Å². The Labute approximate surface area is 138 Å². The molecule has 2 aliphatic rings. The molecule has 1 aromatic heterocycles. The number of ether oxygens (including phenoxy) is 1. The summed E-state index contributed by atoms with van der Waals surface area (Å²) in [5.41, 5.74) is -0.478. The third kappa shape index (κ3) is 4.09. The smallest absolute Gasteiger partial charge is 0.368 e. The SMILES string of the molecule is C[C@@H](OCC1CC1)C(=O)N1CCC[C@@H](c2cc(C(F)(F)F)n[nH]2)C1. The first-order chi connectivity index (χ1) is 11.3. The molecule has 1 aromatic rings. The Morgan fingerprint density at radius 3 is 2.83 bits per heavy atom. The lowest BCUT2D eigenvalue weighted by Gasteiger charge is -2.33. The first-order valence-corrected chi connectivity index (χ1v) is 8.37. The third-order valence-corrected chi connectivity index (χ3v) is 4.69. The van der Waals surface area contributed by atoms with E-state index in [0.717, 1.165) is 31.7 Å². The Balaban J connectivity index is 1.58. The quantitative estimate of drug-likeness (QED) is 0.893. The van der Waals surface area contributed by atoms with Crippen LogP contribution < -0.4 is 0 Å². The van der Waals surface area contributed by atoms with Gasteiger partial charge in [0.1, 0.15) is 6.10 Å². The number of aromatic nitrogens is 2. The fourth-order valence-corrected chi connectivity index (χ4v) is 3.02. The van der Waals surface area contributed by atoms with Crippen molar-refractivity contribution >= 4 is 5.91 Å². The molecule has 1 aliphatic heterocycles. The summed E-state index contributed by atoms with van der Waals surface area (Å²) < 4.78 is 43.6. The highest BCUT2D eigenvalue weighted by molar-refractivity contribution is 5.80. The summed E-state index contributed by atoms with van der Waals surface area (Å²) in [6.45, 7) is 3.37. The molecule has 1 amide bonds. The number of H-pyrrole nitrogens is 1. The molecule has 1 N–H and O–H groups in total. The monoisotopic (exact) mass is 345 g/mol. The van der Waals surface area contributed by atoms with Crippen molar-refractivity contribution < 1.29 is 22.7 Å². The predicted molar refractivity (Wildman–Crippen MR) is 80.3 cm³/mol. The van der Waals surface area contributed by atoms with E-state index in [0.29, 0.717) is 31.3 Å². The van der Waals surface area contributed by atoms with E-state index in [1.807, 2.05) is 0 Å². The normalized spacial score (nSPS) is 23.3. The van der Waals surface area contributed by atoms with Crippen molar-refractivity contribution in [2.75, 3.05) is 19.7 Å². The topological polar surface area (TPSA) is 58.2 Å². The summed E-state index contributed by atoms with van der Waals surface area (Å²) in [5.74, 6) is 0.345. The molecule has 0 unspecified atom stereocenters. The number of amides is 1. The highest BCUT2D eigenvalue weighted by Gasteiger charge is 2.36. The molecular formula is C16H22F3N3O2. The Bertz CT molecular complexity index is 583. The minimum Gasteiger partial charge on any atom is -0.368 e. The van der Waals surface area contributed by atoms with E-state index >= 15 is 0 Å². The second kappa shape index (κ2) is 6.74. The van der Waals surface area contributed by atoms with Crippen molar-refractivity contribution in [1.82, 2.24) is 15.1 Å². The highest BCUT2D eigenvalue weighted by Crippen LogP contribution is 2.32. The van der Waals surface area contributed by atoms with Crippen LogP contribution in [0.3, 0.4) is 0 Å². The minimum absolute atomic E-state index is 0.0871. The van der Waals surface area contributed by atoms with Gasteiger partial charge in [0.2, 0.25) is 0 Å². The first kappa shape index (κ1) is 17.3. The lowest BCUT2D eigenvalue weighted by Crippen LogP contribution is -2.44. The molecule has 2 atom stereocenters. The largest absolute Gasteiger partial charge is 0.435 e. The van der Waals surface area contributed by atoms with Crippen molar-refractivity contribution in [2.24, 2.45) is 5.92 Å². The zero-order valence-electron chi connectivity index (χ0n) is 13.6. The zero-order valence-corrected chi connectivity index (χ0v) is 13.6. The Hall–Kier alpha value is -1.57. The van der Waals surface area contributed by atoms with Crippen LogP contribution in [0.1, 0.15) is 49.9 Å². The van der Waals surface area contributed by atoms with E-state index in [-0.39, 0.29) is 11.8 Å². The third-order valence-electron chi connectivity index (χ3n) is 4.69. The fourth-order valence-electron chi connectivity index (χ4n) is 3.02. The molecule has 0 radical (unpaired) electrons. The van der Waals surface area contributed by atoms with Gasteiger partial charge in [-0.3, -0.25) is 9.89 Å². The van der Waals surface area contributed by atoms with Gasteiger partial charge in [-0.25, -0.2) is 0 Å². The van der Waals surface area contributed by atoms with Crippen LogP contribution in [0.25, 0.3) is 0 Å². The van der Waals surface area contributed by atoms with E-state index < -0.39 is 18.0 Å². The molecule has 0 spiro atoms. The second-order valence-electron chi connectivity index (χ2n) is 6.75. The van der Waals surface area contributed by atoms with Gasteiger partial charge in [0.05, 0.1) is 6.61 Å². The molecule has 0 bridgehead atoms. The second-order valence-corrected chi connectivity index (χ2v) is 6.75. The van der Waals surface area contributed by atoms with Crippen molar-refractivity contribution in [1.29, 1.82) is 0 Å². The molecule has 1 aliphatic carbocycles. The number of hydrogen-bond donors (Lipinski definition) is 1. The molecule has 5 nitrogen and oxygen atoms in total. The van der Waals surface area contributed by atoms with Crippen LogP contribution in [0.4, 0.5) is 13.2 Å². The van der Waals surface area contributed by atoms with Gasteiger partial charge in [-0.05, 0) is 44.6 Å². The van der Waals surface area contributed by atoms with E-state index in [9.17, 15) is 18.0 Å². The number of likely N-dealkylation sites (tertiary alicyclic amines) is 1. The molecule has 2 heterocycles. The van der Waals surface area contributed by atoms with E-state index in [1.165, 1.54) is 0 Å². The van der Waals surface area contributed by atoms with Gasteiger partial charge in [-0.2, -0.15) is 18.3 Å². The van der Waals surface area contributed by atoms with E-state index in [4.69, 9.17) is 4.74 Å². The van der Waals surface area contributed by atoms with Gasteiger partial charge in [0, 0.05) is 24.7 Å². The number of rotatable bonds is 5. The van der Waals surface area contributed by atoms with Gasteiger partial charge in [-0.1, -0.05) is 0 Å². The van der Waals surface area contributed by atoms with Crippen LogP contribution in [-0.4, -0.2) is 46.8 Å². The number of hydrogen-bond acceptors (Lipinski definition) is 3. The predicted octanol–water partition coefficient (Wildman–Crippen LogP) is 2.95. The number of carbonyl (C=O) groups excluding carboxylic acids is 1. The number of nitrogens with one attached hydrogen (secondary N) is 1. The van der Waals surface area contributed by atoms with Crippen molar-refractivity contribution in [3.8, 4) is 0 Å². The molecule has 134 valence electrons. The van der Waals surface area contributed by atoms with Crippen LogP contribution in [0, 0.1) is 5.92 Å². The number of halogens is 3. The number of aromatic amines is 1. The maximum absolute atomic E-state index is 12.7. The van der Waals surface area contributed by atoms with Crippen LogP contribution in [0.5, 0.6) is 0 Å². The van der Waals surface area contributed by atoms with Gasteiger partial charge in [-0.15, -0.1) is 0 Å². The molecule has 0 aromatic carbocycles. The standard InChI is InChI=1S/C16H22F3N3O2/c1-10(24-9-11-4-5-11)15(23)22-6-2-3-12(8-22)13-7-14(21-20-13)16(17,18)19/h7,10-12H,2-6,8-9H2,1H3,(H,20,21)/t10-,12-/m1/s1. The van der Waals surface area contributed by atoms with Gasteiger partial charge >= 0.3 is 6.18 Å². The molecule has 24 heavy (non-hydrogen) atoms. The average Bonchev–Trinajstić information content (AvgIpc) is 3.23. The number of nitrogens with zero attached hydrogens (tertiary/aromatic N) is 2. The van der Waals surface area contributed by atoms with Gasteiger partial charge in [0.15, 0.2) is 5.69 Å². The first-order valence-electron chi connectivity index (χ1n) is 8.37. The summed E-state index contributed by atoms with van der Waals surface area (Å²) in [7, 11) is 0. The number of alkyl halides is 3. The molecule has 1 saturated heterocycles. The highest BCUT2D eigenvalue weighted by atomic mass is 19.4. The Morgan fingerprint density at radius 2 is 2.21 bits per heavy atom. The molecule has 2 fully saturated rings. The van der Waals surface area contributed by atoms with Crippen LogP contribution in [-0.2, 0) is 15.7 Å². The summed E-state index contributed by atoms with van der Waals surface area (Å²) in [5, 5.41) is 5.83. The van der Waals surface area contributed by atoms with E-state index in [1.54, 1.807) is 11.8 Å². The van der Waals surface area contributed by atoms with Crippen molar-refractivity contribution in [2.45, 2.75) is 50.8 Å². The van der Waals surface area contributed by atoms with E-state index in [2.05, 4.69) is 10.2 Å². The summed E-state index contributed by atoms with van der Waals surface area (Å²) >= 11 is 0. The zero-order chi connectivity index (χ0) is 17.3. The fraction of sp³-hybridized carbons (Fsp3) is 0.750. The van der Waals surface area contributed by atoms with Gasteiger partial charge < -0.3 is 9.64 Å². The van der Waals surface area contributed by atoms with Crippen LogP contribution in [0.2, 0.25) is 0 Å². The molecule has 3 rings (SSSR count). The maximum atomic E-state index is 12.7. The molecular weight excluding hydrogens is 323 g/mol. The summed E-state index contributed by atoms with van der Waals surface area (Å²) in [4.78, 5) is 14.2. The summed E-state index contributed by atoms with van der Waals surface area (Å²) in [6.07, 6.45) is -1.14. The van der Waals surface area contributed by atoms with Crippen LogP contribution in [0.15, 0.2) is 6.07 Å². The molecule has 1 saturated carbocycles. The summed E-state index contributed by atoms with van der Waals surface area (Å²) in [6, 6.07) is 1.05. The lowest BCUT2D eigenvalue weighted by atomic mass is 9.94. The van der Waals surface area contributed by atoms with Crippen molar-refractivity contribution in [3.63, 3.8) is 0 Å². The number of carbonyl (C=O) groups is 1. The average molecular weight is 345 g/mol. The Morgan fingerprint density at radius 1 is 1.46 bits per heavy atom. The van der Waals surface area contributed by atoms with Crippen molar-refractivity contribution in [3.05, 3.63) is 17.5 Å². The Kier molecular flexibility index (Phi) is 4.85. The maximum Gasteiger partial charge on any atom is 0.435 e.